The molecule has 0 radical (unpaired) electrons. The van der Waals surface area contributed by atoms with Gasteiger partial charge in [0.2, 0.25) is 0 Å². The van der Waals surface area contributed by atoms with Crippen LogP contribution in [-0.4, -0.2) is 6.54 Å². The van der Waals surface area contributed by atoms with Gasteiger partial charge in [0.1, 0.15) is 5.82 Å². The van der Waals surface area contributed by atoms with Crippen LogP contribution in [0.3, 0.4) is 0 Å². The van der Waals surface area contributed by atoms with Crippen LogP contribution in [0.2, 0.25) is 5.02 Å². The number of halogens is 2. The molecule has 0 saturated heterocycles. The fourth-order valence-electron chi connectivity index (χ4n) is 1.90. The lowest BCUT2D eigenvalue weighted by atomic mass is 10.0. The van der Waals surface area contributed by atoms with E-state index < -0.39 is 0 Å². The Hall–Kier alpha value is -0.860. The van der Waals surface area contributed by atoms with Crippen molar-refractivity contribution in [3.05, 3.63) is 47.3 Å². The third kappa shape index (κ3) is 4.79. The SMILES string of the molecule is C=CCCCC(NCCC)c1ccc(F)c(Cl)c1. The first-order valence-corrected chi connectivity index (χ1v) is 6.86. The van der Waals surface area contributed by atoms with Gasteiger partial charge in [0, 0.05) is 6.04 Å². The Morgan fingerprint density at radius 1 is 1.50 bits per heavy atom. The molecule has 1 unspecified atom stereocenters. The molecule has 1 rings (SSSR count). The maximum Gasteiger partial charge on any atom is 0.141 e. The van der Waals surface area contributed by atoms with Crippen molar-refractivity contribution in [1.82, 2.24) is 5.32 Å². The molecule has 0 aliphatic heterocycles. The molecular weight excluding hydrogens is 249 g/mol. The first-order valence-electron chi connectivity index (χ1n) is 6.48. The van der Waals surface area contributed by atoms with Crippen molar-refractivity contribution >= 4 is 11.6 Å². The van der Waals surface area contributed by atoms with Crippen LogP contribution in [0.25, 0.3) is 0 Å². The summed E-state index contributed by atoms with van der Waals surface area (Å²) in [6, 6.07) is 5.20. The van der Waals surface area contributed by atoms with Crippen molar-refractivity contribution in [2.75, 3.05) is 6.54 Å². The molecule has 18 heavy (non-hydrogen) atoms. The highest BCUT2D eigenvalue weighted by Gasteiger charge is 2.11. The second-order valence-electron chi connectivity index (χ2n) is 4.40. The average molecular weight is 270 g/mol. The smallest absolute Gasteiger partial charge is 0.141 e. The molecule has 1 aromatic rings. The van der Waals surface area contributed by atoms with E-state index in [1.54, 1.807) is 6.07 Å². The standard InChI is InChI=1S/C15H21ClFN/c1-3-5-6-7-15(18-10-4-2)12-8-9-14(17)13(16)11-12/h3,8-9,11,15,18H,1,4-7,10H2,2H3. The highest BCUT2D eigenvalue weighted by atomic mass is 35.5. The molecule has 0 saturated carbocycles. The van der Waals surface area contributed by atoms with Crippen LogP contribution < -0.4 is 5.32 Å². The van der Waals surface area contributed by atoms with Crippen LogP contribution in [0.5, 0.6) is 0 Å². The molecule has 0 fully saturated rings. The largest absolute Gasteiger partial charge is 0.310 e. The van der Waals surface area contributed by atoms with Crippen molar-refractivity contribution in [2.24, 2.45) is 0 Å². The minimum absolute atomic E-state index is 0.194. The maximum absolute atomic E-state index is 13.2. The maximum atomic E-state index is 13.2. The molecule has 0 aliphatic rings. The van der Waals surface area contributed by atoms with Crippen molar-refractivity contribution in [1.29, 1.82) is 0 Å². The Morgan fingerprint density at radius 3 is 2.89 bits per heavy atom. The van der Waals surface area contributed by atoms with Gasteiger partial charge in [0.15, 0.2) is 0 Å². The molecule has 0 amide bonds. The fourth-order valence-corrected chi connectivity index (χ4v) is 2.09. The molecule has 0 bridgehead atoms. The monoisotopic (exact) mass is 269 g/mol. The minimum atomic E-state index is -0.360. The quantitative estimate of drug-likeness (QED) is 0.524. The summed E-state index contributed by atoms with van der Waals surface area (Å²) in [6.45, 7) is 6.81. The number of benzene rings is 1. The zero-order valence-electron chi connectivity index (χ0n) is 10.9. The third-order valence-electron chi connectivity index (χ3n) is 2.89. The number of nitrogens with one attached hydrogen (secondary N) is 1. The van der Waals surface area contributed by atoms with Gasteiger partial charge < -0.3 is 5.32 Å². The van der Waals surface area contributed by atoms with Gasteiger partial charge in [-0.3, -0.25) is 0 Å². The van der Waals surface area contributed by atoms with E-state index in [1.807, 2.05) is 12.1 Å². The van der Waals surface area contributed by atoms with Crippen molar-refractivity contribution in [2.45, 2.75) is 38.6 Å². The molecule has 0 heterocycles. The van der Waals surface area contributed by atoms with Crippen molar-refractivity contribution in [3.63, 3.8) is 0 Å². The van der Waals surface area contributed by atoms with E-state index in [0.717, 1.165) is 37.8 Å². The Balaban J connectivity index is 2.72. The fraction of sp³-hybridized carbons (Fsp3) is 0.467. The summed E-state index contributed by atoms with van der Waals surface area (Å²) in [5.41, 5.74) is 1.05. The Kier molecular flexibility index (Phi) is 6.99. The molecule has 3 heteroatoms. The summed E-state index contributed by atoms with van der Waals surface area (Å²) in [4.78, 5) is 0. The highest BCUT2D eigenvalue weighted by molar-refractivity contribution is 6.30. The second-order valence-corrected chi connectivity index (χ2v) is 4.81. The van der Waals surface area contributed by atoms with Gasteiger partial charge in [-0.25, -0.2) is 4.39 Å². The van der Waals surface area contributed by atoms with Gasteiger partial charge in [-0.2, -0.15) is 0 Å². The summed E-state index contributed by atoms with van der Waals surface area (Å²) >= 11 is 5.83. The van der Waals surface area contributed by atoms with E-state index in [-0.39, 0.29) is 16.9 Å². The molecule has 0 spiro atoms. The van der Waals surface area contributed by atoms with Gasteiger partial charge in [-0.15, -0.1) is 6.58 Å². The normalized spacial score (nSPS) is 12.4. The predicted octanol–water partition coefficient (Wildman–Crippen LogP) is 4.88. The molecule has 100 valence electrons. The summed E-state index contributed by atoms with van der Waals surface area (Å²) in [7, 11) is 0. The molecule has 0 aromatic heterocycles. The molecule has 0 aliphatic carbocycles. The minimum Gasteiger partial charge on any atom is -0.310 e. The van der Waals surface area contributed by atoms with Crippen LogP contribution in [0.1, 0.15) is 44.2 Å². The van der Waals surface area contributed by atoms with Crippen LogP contribution in [0, 0.1) is 5.82 Å². The van der Waals surface area contributed by atoms with Gasteiger partial charge >= 0.3 is 0 Å². The molecule has 1 nitrogen and oxygen atoms in total. The van der Waals surface area contributed by atoms with Crippen molar-refractivity contribution in [3.8, 4) is 0 Å². The van der Waals surface area contributed by atoms with Gasteiger partial charge in [-0.1, -0.05) is 30.7 Å². The number of allylic oxidation sites excluding steroid dienone is 1. The van der Waals surface area contributed by atoms with E-state index in [4.69, 9.17) is 11.6 Å². The van der Waals surface area contributed by atoms with Gasteiger partial charge in [-0.05, 0) is 49.9 Å². The Morgan fingerprint density at radius 2 is 2.28 bits per heavy atom. The summed E-state index contributed by atoms with van der Waals surface area (Å²) in [5, 5.41) is 3.67. The molecule has 1 aromatic carbocycles. The van der Waals surface area contributed by atoms with E-state index >= 15 is 0 Å². The first-order chi connectivity index (χ1) is 8.69. The summed E-state index contributed by atoms with van der Waals surface area (Å²) in [5.74, 6) is -0.360. The lowest BCUT2D eigenvalue weighted by molar-refractivity contribution is 0.485. The third-order valence-corrected chi connectivity index (χ3v) is 3.18. The van der Waals surface area contributed by atoms with Crippen LogP contribution in [0.4, 0.5) is 4.39 Å². The number of rotatable bonds is 8. The molecule has 1 N–H and O–H groups in total. The number of hydrogen-bond acceptors (Lipinski definition) is 1. The highest BCUT2D eigenvalue weighted by Crippen LogP contribution is 2.24. The lowest BCUT2D eigenvalue weighted by Gasteiger charge is -2.19. The van der Waals surface area contributed by atoms with E-state index in [2.05, 4.69) is 18.8 Å². The summed E-state index contributed by atoms with van der Waals surface area (Å²) < 4.78 is 13.2. The van der Waals surface area contributed by atoms with E-state index in [1.165, 1.54) is 6.07 Å². The van der Waals surface area contributed by atoms with Gasteiger partial charge in [0.25, 0.3) is 0 Å². The van der Waals surface area contributed by atoms with Crippen molar-refractivity contribution < 1.29 is 4.39 Å². The second kappa shape index (κ2) is 8.28. The van der Waals surface area contributed by atoms with Crippen LogP contribution in [0.15, 0.2) is 30.9 Å². The number of unbranched alkanes of at least 4 members (excludes halogenated alkanes) is 1. The Labute approximate surface area is 114 Å². The summed E-state index contributed by atoms with van der Waals surface area (Å²) in [6.07, 6.45) is 6.08. The van der Waals surface area contributed by atoms with E-state index in [0.29, 0.717) is 0 Å². The molecule has 1 atom stereocenters. The first kappa shape index (κ1) is 15.2. The molecular formula is C15H21ClFN. The zero-order chi connectivity index (χ0) is 13.4. The Bertz CT molecular complexity index is 379. The van der Waals surface area contributed by atoms with E-state index in [9.17, 15) is 4.39 Å². The zero-order valence-corrected chi connectivity index (χ0v) is 11.6. The predicted molar refractivity (Wildman–Crippen MR) is 76.5 cm³/mol. The van der Waals surface area contributed by atoms with Crippen LogP contribution >= 0.6 is 11.6 Å². The topological polar surface area (TPSA) is 12.0 Å². The lowest BCUT2D eigenvalue weighted by Crippen LogP contribution is -2.22. The average Bonchev–Trinajstić information content (AvgIpc) is 2.37. The van der Waals surface area contributed by atoms with Crippen LogP contribution in [-0.2, 0) is 0 Å². The number of hydrogen-bond donors (Lipinski definition) is 1. The van der Waals surface area contributed by atoms with Gasteiger partial charge in [0.05, 0.1) is 5.02 Å².